The monoisotopic (exact) mass is 432 g/mol. The third-order valence-electron chi connectivity index (χ3n) is 4.48. The molecule has 2 aromatic rings. The van der Waals surface area contributed by atoms with Gasteiger partial charge in [-0.2, -0.15) is 12.6 Å². The van der Waals surface area contributed by atoms with E-state index in [1.807, 2.05) is 30.3 Å². The Hall–Kier alpha value is -3.20. The van der Waals surface area contributed by atoms with Crippen LogP contribution in [0, 0.1) is 5.92 Å². The minimum absolute atomic E-state index is 0.159. The summed E-state index contributed by atoms with van der Waals surface area (Å²) < 4.78 is 5.06. The number of carboxylic acids is 2. The molecule has 0 aliphatic carbocycles. The molecule has 2 rings (SSSR count). The Morgan fingerprint density at radius 2 is 1.70 bits per heavy atom. The van der Waals surface area contributed by atoms with Gasteiger partial charge in [-0.15, -0.1) is 0 Å². The smallest absolute Gasteiger partial charge is 0.351 e. The van der Waals surface area contributed by atoms with E-state index in [0.717, 1.165) is 5.56 Å². The van der Waals surface area contributed by atoms with Gasteiger partial charge in [-0.25, -0.2) is 4.79 Å². The van der Waals surface area contributed by atoms with Gasteiger partial charge in [0.15, 0.2) is 0 Å². The van der Waals surface area contributed by atoms with Crippen LogP contribution in [0.2, 0.25) is 0 Å². The standard InChI is InChI=1S/C21H24N2O6S/c1-29-17-9-7-16(8-10-17)22-21(20(27)28,12-18(24)25)23-19(26)15(13-30)11-14-5-3-2-4-6-14/h2-10,15,22,30H,11-13H2,1H3,(H,23,26)(H,24,25)(H,27,28). The normalized spacial score (nSPS) is 13.5. The van der Waals surface area contributed by atoms with Crippen LogP contribution in [0.5, 0.6) is 5.75 Å². The highest BCUT2D eigenvalue weighted by molar-refractivity contribution is 7.80. The lowest BCUT2D eigenvalue weighted by atomic mass is 9.98. The number of thiol groups is 1. The van der Waals surface area contributed by atoms with Crippen LogP contribution in [0.25, 0.3) is 0 Å². The summed E-state index contributed by atoms with van der Waals surface area (Å²) in [5.74, 6) is -3.47. The molecule has 0 heterocycles. The molecule has 1 amide bonds. The zero-order valence-electron chi connectivity index (χ0n) is 16.4. The van der Waals surface area contributed by atoms with Crippen molar-refractivity contribution < 1.29 is 29.3 Å². The number of benzene rings is 2. The molecule has 0 fully saturated rings. The molecule has 0 saturated carbocycles. The fourth-order valence-corrected chi connectivity index (χ4v) is 3.20. The molecule has 0 radical (unpaired) electrons. The molecule has 160 valence electrons. The quantitative estimate of drug-likeness (QED) is 0.272. The van der Waals surface area contributed by atoms with Crippen LogP contribution in [-0.4, -0.2) is 46.6 Å². The number of anilines is 1. The van der Waals surface area contributed by atoms with Crippen LogP contribution in [-0.2, 0) is 20.8 Å². The summed E-state index contributed by atoms with van der Waals surface area (Å²) in [5, 5.41) is 24.2. The Morgan fingerprint density at radius 3 is 2.20 bits per heavy atom. The second kappa shape index (κ2) is 10.5. The lowest BCUT2D eigenvalue weighted by Crippen LogP contribution is -2.62. The van der Waals surface area contributed by atoms with E-state index in [1.165, 1.54) is 19.2 Å². The number of hydrogen-bond acceptors (Lipinski definition) is 6. The number of nitrogens with one attached hydrogen (secondary N) is 2. The molecule has 8 nitrogen and oxygen atoms in total. The van der Waals surface area contributed by atoms with Gasteiger partial charge in [0.2, 0.25) is 11.6 Å². The molecular formula is C21H24N2O6S. The molecule has 2 aromatic carbocycles. The van der Waals surface area contributed by atoms with Crippen LogP contribution < -0.4 is 15.4 Å². The highest BCUT2D eigenvalue weighted by Crippen LogP contribution is 2.22. The highest BCUT2D eigenvalue weighted by Gasteiger charge is 2.43. The Balaban J connectivity index is 2.28. The van der Waals surface area contributed by atoms with Crippen LogP contribution in [0.15, 0.2) is 54.6 Å². The SMILES string of the molecule is COc1ccc(NC(CC(=O)O)(NC(=O)C(CS)Cc2ccccc2)C(=O)O)cc1. The zero-order chi connectivity index (χ0) is 22.1. The molecule has 0 spiro atoms. The summed E-state index contributed by atoms with van der Waals surface area (Å²) in [6, 6.07) is 15.4. The summed E-state index contributed by atoms with van der Waals surface area (Å²) in [4.78, 5) is 36.4. The number of hydrogen-bond donors (Lipinski definition) is 5. The molecule has 4 N–H and O–H groups in total. The van der Waals surface area contributed by atoms with Crippen molar-refractivity contribution in [1.29, 1.82) is 0 Å². The summed E-state index contributed by atoms with van der Waals surface area (Å²) in [7, 11) is 1.49. The molecule has 30 heavy (non-hydrogen) atoms. The molecule has 0 aliphatic heterocycles. The molecule has 9 heteroatoms. The van der Waals surface area contributed by atoms with E-state index < -0.39 is 35.8 Å². The zero-order valence-corrected chi connectivity index (χ0v) is 17.3. The first-order valence-corrected chi connectivity index (χ1v) is 9.77. The molecule has 0 bridgehead atoms. The van der Waals surface area contributed by atoms with E-state index in [1.54, 1.807) is 12.1 Å². The number of ether oxygens (including phenoxy) is 1. The fraction of sp³-hybridized carbons (Fsp3) is 0.286. The van der Waals surface area contributed by atoms with E-state index >= 15 is 0 Å². The lowest BCUT2D eigenvalue weighted by molar-refractivity contribution is -0.152. The highest BCUT2D eigenvalue weighted by atomic mass is 32.1. The maximum Gasteiger partial charge on any atom is 0.351 e. The Bertz CT molecular complexity index is 875. The number of carbonyl (C=O) groups excluding carboxylic acids is 1. The third-order valence-corrected chi connectivity index (χ3v) is 4.92. The van der Waals surface area contributed by atoms with E-state index in [2.05, 4.69) is 23.3 Å². The van der Waals surface area contributed by atoms with Gasteiger partial charge in [0, 0.05) is 11.4 Å². The van der Waals surface area contributed by atoms with Gasteiger partial charge in [-0.05, 0) is 36.2 Å². The van der Waals surface area contributed by atoms with Gasteiger partial charge in [-0.1, -0.05) is 30.3 Å². The van der Waals surface area contributed by atoms with Gasteiger partial charge in [0.25, 0.3) is 0 Å². The first kappa shape index (κ1) is 23.1. The third kappa shape index (κ3) is 6.15. The number of methoxy groups -OCH3 is 1. The second-order valence-corrected chi connectivity index (χ2v) is 7.06. The van der Waals surface area contributed by atoms with Crippen molar-refractivity contribution in [1.82, 2.24) is 5.32 Å². The second-order valence-electron chi connectivity index (χ2n) is 6.69. The van der Waals surface area contributed by atoms with Crippen molar-refractivity contribution in [3.63, 3.8) is 0 Å². The van der Waals surface area contributed by atoms with Gasteiger partial charge < -0.3 is 25.6 Å². The van der Waals surface area contributed by atoms with Crippen molar-refractivity contribution in [3.05, 3.63) is 60.2 Å². The number of amides is 1. The van der Waals surface area contributed by atoms with Gasteiger partial charge >= 0.3 is 11.9 Å². The summed E-state index contributed by atoms with van der Waals surface area (Å²) in [6.07, 6.45) is -0.536. The molecule has 0 saturated heterocycles. The lowest BCUT2D eigenvalue weighted by Gasteiger charge is -2.32. The van der Waals surface area contributed by atoms with Gasteiger partial charge in [0.05, 0.1) is 19.4 Å². The van der Waals surface area contributed by atoms with Crippen molar-refractivity contribution >= 4 is 36.2 Å². The van der Waals surface area contributed by atoms with Crippen LogP contribution in [0.3, 0.4) is 0 Å². The van der Waals surface area contributed by atoms with Crippen molar-refractivity contribution in [2.75, 3.05) is 18.2 Å². The Morgan fingerprint density at radius 1 is 1.07 bits per heavy atom. The van der Waals surface area contributed by atoms with Crippen molar-refractivity contribution in [3.8, 4) is 5.75 Å². The molecule has 0 aromatic heterocycles. The number of carboxylic acid groups (broad SMARTS) is 2. The maximum absolute atomic E-state index is 12.9. The van der Waals surface area contributed by atoms with Crippen LogP contribution in [0.4, 0.5) is 5.69 Å². The minimum atomic E-state index is -2.24. The minimum Gasteiger partial charge on any atom is -0.497 e. The maximum atomic E-state index is 12.9. The first-order valence-electron chi connectivity index (χ1n) is 9.14. The number of carbonyl (C=O) groups is 3. The first-order chi connectivity index (χ1) is 14.3. The Kier molecular flexibility index (Phi) is 8.11. The summed E-state index contributed by atoms with van der Waals surface area (Å²) in [5.41, 5.74) is -1.05. The van der Waals surface area contributed by atoms with Gasteiger partial charge in [-0.3, -0.25) is 9.59 Å². The van der Waals surface area contributed by atoms with Gasteiger partial charge in [0.1, 0.15) is 5.75 Å². The van der Waals surface area contributed by atoms with Crippen LogP contribution >= 0.6 is 12.6 Å². The molecule has 0 aliphatic rings. The number of rotatable bonds is 11. The topological polar surface area (TPSA) is 125 Å². The Labute approximate surface area is 179 Å². The summed E-state index contributed by atoms with van der Waals surface area (Å²) >= 11 is 4.22. The molecule has 2 unspecified atom stereocenters. The summed E-state index contributed by atoms with van der Waals surface area (Å²) in [6.45, 7) is 0. The largest absolute Gasteiger partial charge is 0.497 e. The van der Waals surface area contributed by atoms with Crippen LogP contribution in [0.1, 0.15) is 12.0 Å². The average molecular weight is 432 g/mol. The van der Waals surface area contributed by atoms with Crippen molar-refractivity contribution in [2.45, 2.75) is 18.5 Å². The predicted octanol–water partition coefficient (Wildman–Crippen LogP) is 2.27. The predicted molar refractivity (Wildman–Crippen MR) is 115 cm³/mol. The molecular weight excluding hydrogens is 408 g/mol. The molecule has 2 atom stereocenters. The van der Waals surface area contributed by atoms with E-state index in [0.29, 0.717) is 17.9 Å². The average Bonchev–Trinajstić information content (AvgIpc) is 2.72. The van der Waals surface area contributed by atoms with E-state index in [-0.39, 0.29) is 5.75 Å². The van der Waals surface area contributed by atoms with E-state index in [9.17, 15) is 24.6 Å². The van der Waals surface area contributed by atoms with E-state index in [4.69, 9.17) is 4.74 Å². The van der Waals surface area contributed by atoms with Crippen molar-refractivity contribution in [2.24, 2.45) is 5.92 Å². The number of aliphatic carboxylic acids is 2. The fourth-order valence-electron chi connectivity index (χ4n) is 2.90.